The molecule has 5 rings (SSSR count). The molecule has 2 heterocycles. The van der Waals surface area contributed by atoms with E-state index in [1.165, 1.54) is 12.1 Å². The number of alkyl halides is 3. The highest BCUT2D eigenvalue weighted by Gasteiger charge is 2.36. The molecule has 0 amide bonds. The van der Waals surface area contributed by atoms with Crippen LogP contribution >= 0.6 is 11.6 Å². The number of hydrogen-bond donors (Lipinski definition) is 1. The lowest BCUT2D eigenvalue weighted by Crippen LogP contribution is -2.17. The molecular weight excluding hydrogens is 553 g/mol. The number of nitrogens with one attached hydrogen (secondary N) is 1. The maximum Gasteiger partial charge on any atom is 0.417 e. The molecule has 0 spiro atoms. The molecule has 0 atom stereocenters. The molecule has 0 aliphatic heterocycles. The minimum absolute atomic E-state index is 0.0516. The Hall–Kier alpha value is -4.94. The summed E-state index contributed by atoms with van der Waals surface area (Å²) in [4.78, 5) is 27.4. The fraction of sp³-hybridized carbons (Fsp3) is 0.0968. The number of aromatic amines is 1. The molecule has 41 heavy (non-hydrogen) atoms. The van der Waals surface area contributed by atoms with Crippen LogP contribution in [0.4, 0.5) is 13.2 Å². The first-order chi connectivity index (χ1) is 19.7. The Kier molecular flexibility index (Phi) is 7.86. The normalized spacial score (nSPS) is 11.0. The van der Waals surface area contributed by atoms with Crippen LogP contribution < -0.4 is 10.4 Å². The van der Waals surface area contributed by atoms with E-state index in [0.29, 0.717) is 21.8 Å². The van der Waals surface area contributed by atoms with Gasteiger partial charge in [-0.2, -0.15) is 18.2 Å². The monoisotopic (exact) mass is 572 g/mol. The van der Waals surface area contributed by atoms with Crippen molar-refractivity contribution >= 4 is 11.6 Å². The molecular formula is C31H20ClF3N4O2. The summed E-state index contributed by atoms with van der Waals surface area (Å²) in [5.74, 6) is 5.55. The highest BCUT2D eigenvalue weighted by molar-refractivity contribution is 6.30. The van der Waals surface area contributed by atoms with E-state index in [-0.39, 0.29) is 24.0 Å². The molecule has 1 N–H and O–H groups in total. The summed E-state index contributed by atoms with van der Waals surface area (Å²) in [5.41, 5.74) is 0.869. The standard InChI is InChI=1S/C31H20ClF3N4O2/c1-19-4-2-5-24(36-19)18-41-26-7-3-6-25(31(33,34)35)27(26)29-37-28(38-30(40)39-29)22-14-10-20(11-15-22)8-9-21-12-16-23(32)17-13-21/h2-7,10-17H,18H2,1H3,(H,37,38,39,40). The van der Waals surface area contributed by atoms with Crippen molar-refractivity contribution in [1.29, 1.82) is 0 Å². The smallest absolute Gasteiger partial charge is 0.417 e. The maximum absolute atomic E-state index is 14.1. The van der Waals surface area contributed by atoms with Gasteiger partial charge in [0.1, 0.15) is 18.2 Å². The third-order valence-corrected chi connectivity index (χ3v) is 6.13. The lowest BCUT2D eigenvalue weighted by atomic mass is 10.0. The molecule has 204 valence electrons. The topological polar surface area (TPSA) is 80.8 Å². The van der Waals surface area contributed by atoms with E-state index in [4.69, 9.17) is 16.3 Å². The molecule has 5 aromatic rings. The molecule has 0 fully saturated rings. The second-order valence-electron chi connectivity index (χ2n) is 8.90. The number of hydrogen-bond acceptors (Lipinski definition) is 5. The largest absolute Gasteiger partial charge is 0.487 e. The van der Waals surface area contributed by atoms with Crippen molar-refractivity contribution in [2.45, 2.75) is 19.7 Å². The summed E-state index contributed by atoms with van der Waals surface area (Å²) < 4.78 is 48.0. The Morgan fingerprint density at radius 2 is 1.51 bits per heavy atom. The van der Waals surface area contributed by atoms with Crippen LogP contribution in [0.25, 0.3) is 22.8 Å². The van der Waals surface area contributed by atoms with Gasteiger partial charge in [0.25, 0.3) is 0 Å². The minimum Gasteiger partial charge on any atom is -0.487 e. The van der Waals surface area contributed by atoms with E-state index in [1.54, 1.807) is 73.7 Å². The predicted octanol–water partition coefficient (Wildman–Crippen LogP) is 6.85. The number of benzene rings is 3. The summed E-state index contributed by atoms with van der Waals surface area (Å²) >= 11 is 5.90. The zero-order valence-electron chi connectivity index (χ0n) is 21.5. The molecule has 2 aromatic heterocycles. The van der Waals surface area contributed by atoms with E-state index >= 15 is 0 Å². The Morgan fingerprint density at radius 3 is 2.17 bits per heavy atom. The van der Waals surface area contributed by atoms with Gasteiger partial charge in [0, 0.05) is 27.4 Å². The van der Waals surface area contributed by atoms with E-state index in [9.17, 15) is 18.0 Å². The second kappa shape index (κ2) is 11.7. The van der Waals surface area contributed by atoms with Gasteiger partial charge in [0.2, 0.25) is 0 Å². The van der Waals surface area contributed by atoms with Crippen molar-refractivity contribution in [3.63, 3.8) is 0 Å². The molecule has 0 aliphatic carbocycles. The zero-order valence-corrected chi connectivity index (χ0v) is 22.2. The van der Waals surface area contributed by atoms with Crippen LogP contribution in [0.3, 0.4) is 0 Å². The third kappa shape index (κ3) is 6.80. The Morgan fingerprint density at radius 1 is 0.854 bits per heavy atom. The van der Waals surface area contributed by atoms with Crippen molar-refractivity contribution in [3.05, 3.63) is 129 Å². The highest BCUT2D eigenvalue weighted by Crippen LogP contribution is 2.41. The number of rotatable bonds is 5. The van der Waals surface area contributed by atoms with Gasteiger partial charge in [0.05, 0.1) is 16.8 Å². The van der Waals surface area contributed by atoms with Crippen LogP contribution in [0.1, 0.15) is 28.1 Å². The number of H-pyrrole nitrogens is 1. The van der Waals surface area contributed by atoms with E-state index in [1.807, 2.05) is 0 Å². The molecule has 0 saturated heterocycles. The van der Waals surface area contributed by atoms with Gasteiger partial charge < -0.3 is 4.74 Å². The van der Waals surface area contributed by atoms with Gasteiger partial charge >= 0.3 is 11.9 Å². The first-order valence-electron chi connectivity index (χ1n) is 12.3. The van der Waals surface area contributed by atoms with Crippen LogP contribution in [0.5, 0.6) is 5.75 Å². The number of aromatic nitrogens is 4. The van der Waals surface area contributed by atoms with E-state index in [0.717, 1.165) is 17.3 Å². The first-order valence-corrected chi connectivity index (χ1v) is 12.7. The molecule has 0 bridgehead atoms. The van der Waals surface area contributed by atoms with Crippen molar-refractivity contribution in [3.8, 4) is 40.4 Å². The molecule has 6 nitrogen and oxygen atoms in total. The second-order valence-corrected chi connectivity index (χ2v) is 9.33. The van der Waals surface area contributed by atoms with Crippen molar-refractivity contribution in [1.82, 2.24) is 19.9 Å². The first kappa shape index (κ1) is 27.6. The van der Waals surface area contributed by atoms with Crippen LogP contribution in [0.15, 0.2) is 89.7 Å². The quantitative estimate of drug-likeness (QED) is 0.233. The van der Waals surface area contributed by atoms with Crippen LogP contribution in [-0.4, -0.2) is 19.9 Å². The Labute approximate surface area is 237 Å². The van der Waals surface area contributed by atoms with Crippen molar-refractivity contribution < 1.29 is 17.9 Å². The predicted molar refractivity (Wildman–Crippen MR) is 149 cm³/mol. The molecule has 3 aromatic carbocycles. The van der Waals surface area contributed by atoms with Crippen molar-refractivity contribution in [2.75, 3.05) is 0 Å². The van der Waals surface area contributed by atoms with Crippen LogP contribution in [0.2, 0.25) is 5.02 Å². The third-order valence-electron chi connectivity index (χ3n) is 5.88. The molecule has 0 aliphatic rings. The number of pyridine rings is 1. The summed E-state index contributed by atoms with van der Waals surface area (Å²) in [6.45, 7) is 1.71. The highest BCUT2D eigenvalue weighted by atomic mass is 35.5. The summed E-state index contributed by atoms with van der Waals surface area (Å²) in [6.07, 6.45) is -4.75. The number of aryl methyl sites for hydroxylation is 1. The molecule has 0 unspecified atom stereocenters. The molecule has 0 saturated carbocycles. The number of halogens is 4. The molecule has 0 radical (unpaired) electrons. The fourth-order valence-corrected chi connectivity index (χ4v) is 4.10. The van der Waals surface area contributed by atoms with E-state index < -0.39 is 23.0 Å². The minimum atomic E-state index is -4.75. The van der Waals surface area contributed by atoms with Gasteiger partial charge in [-0.3, -0.25) is 9.97 Å². The summed E-state index contributed by atoms with van der Waals surface area (Å²) in [7, 11) is 0. The van der Waals surface area contributed by atoms with Gasteiger partial charge in [-0.05, 0) is 79.7 Å². The Balaban J connectivity index is 1.50. The Bertz CT molecular complexity index is 1820. The SMILES string of the molecule is Cc1cccc(COc2cccc(C(F)(F)F)c2-c2nc(-c3ccc(C#Cc4ccc(Cl)cc4)cc3)nc(=O)[nH]2)n1. The summed E-state index contributed by atoms with van der Waals surface area (Å²) in [5, 5.41) is 0.608. The lowest BCUT2D eigenvalue weighted by Gasteiger charge is -2.17. The summed E-state index contributed by atoms with van der Waals surface area (Å²) in [6, 6.07) is 22.5. The van der Waals surface area contributed by atoms with Crippen molar-refractivity contribution in [2.24, 2.45) is 0 Å². The van der Waals surface area contributed by atoms with Crippen LogP contribution in [-0.2, 0) is 12.8 Å². The molecule has 10 heteroatoms. The lowest BCUT2D eigenvalue weighted by molar-refractivity contribution is -0.137. The zero-order chi connectivity index (χ0) is 29.0. The fourth-order valence-electron chi connectivity index (χ4n) is 3.98. The van der Waals surface area contributed by atoms with Crippen LogP contribution in [0, 0.1) is 18.8 Å². The van der Waals surface area contributed by atoms with Gasteiger partial charge in [-0.25, -0.2) is 9.78 Å². The maximum atomic E-state index is 14.1. The van der Waals surface area contributed by atoms with Gasteiger partial charge in [-0.15, -0.1) is 0 Å². The number of ether oxygens (including phenoxy) is 1. The van der Waals surface area contributed by atoms with Gasteiger partial charge in [-0.1, -0.05) is 35.6 Å². The number of nitrogens with zero attached hydrogens (tertiary/aromatic N) is 3. The van der Waals surface area contributed by atoms with Gasteiger partial charge in [0.15, 0.2) is 5.82 Å². The average Bonchev–Trinajstić information content (AvgIpc) is 2.95. The average molecular weight is 573 g/mol. The van der Waals surface area contributed by atoms with E-state index in [2.05, 4.69) is 31.8 Å².